The van der Waals surface area contributed by atoms with E-state index in [2.05, 4.69) is 6.58 Å². The Bertz CT molecular complexity index is 234. The van der Waals surface area contributed by atoms with Crippen molar-refractivity contribution < 1.29 is 9.53 Å². The molecule has 0 radical (unpaired) electrons. The maximum Gasteiger partial charge on any atom is 0.135 e. The minimum absolute atomic E-state index is 0.267. The maximum absolute atomic E-state index is 11.5. The lowest BCUT2D eigenvalue weighted by molar-refractivity contribution is -0.125. The monoisotopic (exact) mass is 246 g/mol. The summed E-state index contributed by atoms with van der Waals surface area (Å²) in [4.78, 5) is 11.5. The average Bonchev–Trinajstić information content (AvgIpc) is 2.16. The molecule has 0 rings (SSSR count). The van der Waals surface area contributed by atoms with Gasteiger partial charge in [0.25, 0.3) is 0 Å². The Morgan fingerprint density at radius 2 is 2.00 bits per heavy atom. The molecule has 0 unspecified atom stereocenters. The number of ketones is 1. The molecular formula is C13H23ClO2. The van der Waals surface area contributed by atoms with Crippen molar-refractivity contribution in [3.63, 3.8) is 0 Å². The zero-order valence-electron chi connectivity index (χ0n) is 10.6. The molecule has 0 aromatic heterocycles. The first-order valence-corrected chi connectivity index (χ1v) is 6.33. The summed E-state index contributed by atoms with van der Waals surface area (Å²) in [6.45, 7) is 10.3. The lowest BCUT2D eigenvalue weighted by Crippen LogP contribution is -2.28. The van der Waals surface area contributed by atoms with Crippen LogP contribution in [0.5, 0.6) is 0 Å². The van der Waals surface area contributed by atoms with E-state index < -0.39 is 0 Å². The fraction of sp³-hybridized carbons (Fsp3) is 0.769. The first-order chi connectivity index (χ1) is 7.41. The number of hydrogen-bond donors (Lipinski definition) is 0. The molecule has 0 aromatic rings. The van der Waals surface area contributed by atoms with Gasteiger partial charge in [-0.25, -0.2) is 0 Å². The third-order valence-corrected chi connectivity index (χ3v) is 2.67. The summed E-state index contributed by atoms with van der Waals surface area (Å²) < 4.78 is 5.68. The largest absolute Gasteiger partial charge is 0.375 e. The number of halogens is 1. The summed E-state index contributed by atoms with van der Waals surface area (Å²) >= 11 is 5.62. The molecule has 0 heterocycles. The summed E-state index contributed by atoms with van der Waals surface area (Å²) in [7, 11) is 0. The summed E-state index contributed by atoms with van der Waals surface area (Å²) in [5.74, 6) is 0.738. The van der Waals surface area contributed by atoms with Gasteiger partial charge in [0, 0.05) is 18.7 Å². The standard InChI is InChI=1S/C13H23ClO2/c1-5-6-12(15)9-13(3,4)16-8-7-11(2)10-14/h2,5-10H2,1,3-4H3. The van der Waals surface area contributed by atoms with E-state index in [9.17, 15) is 4.79 Å². The van der Waals surface area contributed by atoms with Crippen LogP contribution < -0.4 is 0 Å². The number of carbonyl (C=O) groups is 1. The molecule has 2 nitrogen and oxygen atoms in total. The Morgan fingerprint density at radius 1 is 1.38 bits per heavy atom. The summed E-state index contributed by atoms with van der Waals surface area (Å²) in [5.41, 5.74) is 0.594. The highest BCUT2D eigenvalue weighted by molar-refractivity contribution is 6.19. The van der Waals surface area contributed by atoms with Gasteiger partial charge in [-0.1, -0.05) is 19.1 Å². The van der Waals surface area contributed by atoms with Crippen LogP contribution in [0.4, 0.5) is 0 Å². The van der Waals surface area contributed by atoms with Gasteiger partial charge in [-0.3, -0.25) is 4.79 Å². The molecule has 0 spiro atoms. The second-order valence-corrected chi connectivity index (χ2v) is 4.97. The van der Waals surface area contributed by atoms with E-state index in [4.69, 9.17) is 16.3 Å². The predicted octanol–water partition coefficient (Wildman–Crippen LogP) is 3.73. The van der Waals surface area contributed by atoms with Gasteiger partial charge in [0.05, 0.1) is 12.2 Å². The van der Waals surface area contributed by atoms with Gasteiger partial charge in [-0.05, 0) is 26.7 Å². The second kappa shape index (κ2) is 7.86. The van der Waals surface area contributed by atoms with Gasteiger partial charge in [-0.15, -0.1) is 11.6 Å². The van der Waals surface area contributed by atoms with Gasteiger partial charge in [-0.2, -0.15) is 0 Å². The predicted molar refractivity (Wildman–Crippen MR) is 69.0 cm³/mol. The highest BCUT2D eigenvalue weighted by Gasteiger charge is 2.21. The van der Waals surface area contributed by atoms with Crippen molar-refractivity contribution in [2.45, 2.75) is 52.1 Å². The zero-order chi connectivity index (χ0) is 12.6. The van der Waals surface area contributed by atoms with Gasteiger partial charge >= 0.3 is 0 Å². The fourth-order valence-electron chi connectivity index (χ4n) is 1.43. The van der Waals surface area contributed by atoms with Crippen LogP contribution in [0.3, 0.4) is 0 Å². The van der Waals surface area contributed by atoms with Crippen LogP contribution in [-0.4, -0.2) is 23.9 Å². The Hall–Kier alpha value is -0.340. The van der Waals surface area contributed by atoms with E-state index in [-0.39, 0.29) is 11.4 Å². The van der Waals surface area contributed by atoms with Crippen molar-refractivity contribution in [3.8, 4) is 0 Å². The number of rotatable bonds is 9. The Kier molecular flexibility index (Phi) is 7.69. The number of ether oxygens (including phenoxy) is 1. The summed E-state index contributed by atoms with van der Waals surface area (Å²) in [6.07, 6.45) is 2.78. The fourth-order valence-corrected chi connectivity index (χ4v) is 1.57. The van der Waals surface area contributed by atoms with E-state index in [1.807, 2.05) is 20.8 Å². The van der Waals surface area contributed by atoms with Crippen molar-refractivity contribution >= 4 is 17.4 Å². The molecule has 0 fully saturated rings. The van der Waals surface area contributed by atoms with Crippen LogP contribution in [0, 0.1) is 0 Å². The van der Waals surface area contributed by atoms with Gasteiger partial charge in [0.2, 0.25) is 0 Å². The maximum atomic E-state index is 11.5. The molecule has 0 N–H and O–H groups in total. The quantitative estimate of drug-likeness (QED) is 0.458. The van der Waals surface area contributed by atoms with Crippen LogP contribution >= 0.6 is 11.6 Å². The van der Waals surface area contributed by atoms with Crippen molar-refractivity contribution in [1.82, 2.24) is 0 Å². The van der Waals surface area contributed by atoms with Crippen molar-refractivity contribution in [2.75, 3.05) is 12.5 Å². The molecule has 0 aliphatic rings. The van der Waals surface area contributed by atoms with E-state index >= 15 is 0 Å². The van der Waals surface area contributed by atoms with Crippen LogP contribution in [-0.2, 0) is 9.53 Å². The third-order valence-electron chi connectivity index (χ3n) is 2.29. The zero-order valence-corrected chi connectivity index (χ0v) is 11.4. The molecule has 0 saturated carbocycles. The molecule has 3 heteroatoms. The molecule has 94 valence electrons. The van der Waals surface area contributed by atoms with Crippen LogP contribution in [0.2, 0.25) is 0 Å². The van der Waals surface area contributed by atoms with Gasteiger partial charge in [0.15, 0.2) is 0 Å². The molecule has 0 amide bonds. The number of hydrogen-bond acceptors (Lipinski definition) is 2. The van der Waals surface area contributed by atoms with E-state index in [1.165, 1.54) is 0 Å². The van der Waals surface area contributed by atoms with Crippen molar-refractivity contribution in [3.05, 3.63) is 12.2 Å². The smallest absolute Gasteiger partial charge is 0.135 e. The molecule has 16 heavy (non-hydrogen) atoms. The normalized spacial score (nSPS) is 11.5. The molecule has 0 bridgehead atoms. The van der Waals surface area contributed by atoms with Crippen LogP contribution in [0.1, 0.15) is 46.5 Å². The minimum atomic E-state index is -0.376. The average molecular weight is 247 g/mol. The Morgan fingerprint density at radius 3 is 2.50 bits per heavy atom. The molecule has 0 aromatic carbocycles. The summed E-state index contributed by atoms with van der Waals surface area (Å²) in [5, 5.41) is 0. The SMILES string of the molecule is C=C(CCl)CCOC(C)(C)CC(=O)CCC. The number of Topliss-reactive ketones (excluding diaryl/α,β-unsaturated/α-hetero) is 1. The lowest BCUT2D eigenvalue weighted by Gasteiger charge is -2.24. The minimum Gasteiger partial charge on any atom is -0.375 e. The second-order valence-electron chi connectivity index (χ2n) is 4.71. The van der Waals surface area contributed by atoms with E-state index in [1.54, 1.807) is 0 Å². The Balaban J connectivity index is 3.86. The topological polar surface area (TPSA) is 26.3 Å². The molecule has 0 atom stereocenters. The van der Waals surface area contributed by atoms with Crippen molar-refractivity contribution in [1.29, 1.82) is 0 Å². The Labute approximate surface area is 104 Å². The molecule has 0 aliphatic carbocycles. The highest BCUT2D eigenvalue weighted by Crippen LogP contribution is 2.17. The van der Waals surface area contributed by atoms with Gasteiger partial charge < -0.3 is 4.74 Å². The highest BCUT2D eigenvalue weighted by atomic mass is 35.5. The van der Waals surface area contributed by atoms with Crippen LogP contribution in [0.15, 0.2) is 12.2 Å². The van der Waals surface area contributed by atoms with E-state index in [0.717, 1.165) is 18.4 Å². The summed E-state index contributed by atoms with van der Waals surface area (Å²) in [6, 6.07) is 0. The number of carbonyl (C=O) groups excluding carboxylic acids is 1. The third kappa shape index (κ3) is 7.89. The number of alkyl halides is 1. The van der Waals surface area contributed by atoms with Crippen molar-refractivity contribution in [2.24, 2.45) is 0 Å². The first-order valence-electron chi connectivity index (χ1n) is 5.79. The van der Waals surface area contributed by atoms with Crippen LogP contribution in [0.25, 0.3) is 0 Å². The van der Waals surface area contributed by atoms with E-state index in [0.29, 0.717) is 25.3 Å². The lowest BCUT2D eigenvalue weighted by atomic mass is 9.99. The molecule has 0 saturated heterocycles. The molecular weight excluding hydrogens is 224 g/mol. The van der Waals surface area contributed by atoms with Gasteiger partial charge in [0.1, 0.15) is 5.78 Å². The first kappa shape index (κ1) is 15.7. The molecule has 0 aliphatic heterocycles.